The molecular weight excluding hydrogens is 314 g/mol. The predicted octanol–water partition coefficient (Wildman–Crippen LogP) is 3.86. The van der Waals surface area contributed by atoms with Gasteiger partial charge in [-0.05, 0) is 44.5 Å². The number of urea groups is 1. The van der Waals surface area contributed by atoms with Crippen molar-refractivity contribution in [2.75, 3.05) is 31.5 Å². The normalized spacial score (nSPS) is 16.2. The summed E-state index contributed by atoms with van der Waals surface area (Å²) in [6.45, 7) is 13.7. The van der Waals surface area contributed by atoms with Crippen molar-refractivity contribution in [2.24, 2.45) is 5.92 Å². The van der Waals surface area contributed by atoms with Gasteiger partial charge in [-0.25, -0.2) is 4.79 Å². The van der Waals surface area contributed by atoms with Crippen LogP contribution >= 0.6 is 0 Å². The lowest BCUT2D eigenvalue weighted by Gasteiger charge is -2.43. The van der Waals surface area contributed by atoms with E-state index in [2.05, 4.69) is 31.0 Å². The minimum absolute atomic E-state index is 0.0240. The van der Waals surface area contributed by atoms with Gasteiger partial charge in [0.2, 0.25) is 0 Å². The van der Waals surface area contributed by atoms with Crippen LogP contribution < -0.4 is 5.32 Å². The van der Waals surface area contributed by atoms with Gasteiger partial charge < -0.3 is 10.2 Å². The van der Waals surface area contributed by atoms with Crippen LogP contribution in [-0.4, -0.2) is 53.3 Å². The van der Waals surface area contributed by atoms with Gasteiger partial charge in [-0.2, -0.15) is 0 Å². The SMILES string of the molecule is CCC(C)(C)N1CCN(C(=O)Nc2ccc(C(=O)C(C)C)cc2)CC1. The fourth-order valence-corrected chi connectivity index (χ4v) is 2.99. The number of anilines is 1. The summed E-state index contributed by atoms with van der Waals surface area (Å²) < 4.78 is 0. The highest BCUT2D eigenvalue weighted by atomic mass is 16.2. The maximum atomic E-state index is 12.4. The molecule has 0 saturated carbocycles. The van der Waals surface area contributed by atoms with Gasteiger partial charge in [-0.1, -0.05) is 20.8 Å². The van der Waals surface area contributed by atoms with Gasteiger partial charge in [-0.15, -0.1) is 0 Å². The summed E-state index contributed by atoms with van der Waals surface area (Å²) in [5.74, 6) is 0.0941. The minimum atomic E-state index is -0.0723. The minimum Gasteiger partial charge on any atom is -0.322 e. The third-order valence-corrected chi connectivity index (χ3v) is 5.23. The predicted molar refractivity (Wildman–Crippen MR) is 102 cm³/mol. The van der Waals surface area contributed by atoms with Gasteiger partial charge in [0.1, 0.15) is 0 Å². The van der Waals surface area contributed by atoms with Gasteiger partial charge in [0, 0.05) is 48.9 Å². The van der Waals surface area contributed by atoms with Crippen LogP contribution in [0.2, 0.25) is 0 Å². The number of carbonyl (C=O) groups excluding carboxylic acids is 2. The second-order valence-electron chi connectivity index (χ2n) is 7.67. The van der Waals surface area contributed by atoms with E-state index in [9.17, 15) is 9.59 Å². The molecule has 0 spiro atoms. The highest BCUT2D eigenvalue weighted by Crippen LogP contribution is 2.21. The van der Waals surface area contributed by atoms with E-state index in [1.54, 1.807) is 24.3 Å². The van der Waals surface area contributed by atoms with E-state index in [1.165, 1.54) is 0 Å². The Morgan fingerprint density at radius 2 is 1.64 bits per heavy atom. The van der Waals surface area contributed by atoms with Gasteiger partial charge in [-0.3, -0.25) is 9.69 Å². The fourth-order valence-electron chi connectivity index (χ4n) is 2.99. The van der Waals surface area contributed by atoms with E-state index in [0.717, 1.165) is 38.3 Å². The van der Waals surface area contributed by atoms with E-state index in [-0.39, 0.29) is 23.3 Å². The molecule has 1 heterocycles. The zero-order valence-corrected chi connectivity index (χ0v) is 16.1. The van der Waals surface area contributed by atoms with E-state index in [1.807, 2.05) is 18.7 Å². The van der Waals surface area contributed by atoms with Gasteiger partial charge in [0.15, 0.2) is 5.78 Å². The average Bonchev–Trinajstić information content (AvgIpc) is 2.61. The highest BCUT2D eigenvalue weighted by Gasteiger charge is 2.29. The second kappa shape index (κ2) is 8.00. The van der Waals surface area contributed by atoms with Crippen molar-refractivity contribution in [1.82, 2.24) is 9.80 Å². The number of nitrogens with one attached hydrogen (secondary N) is 1. The lowest BCUT2D eigenvalue weighted by molar-refractivity contribution is 0.0640. The molecule has 1 aliphatic heterocycles. The number of nitrogens with zero attached hydrogens (tertiary/aromatic N) is 2. The third kappa shape index (κ3) is 4.82. The first kappa shape index (κ1) is 19.4. The molecule has 25 heavy (non-hydrogen) atoms. The second-order valence-corrected chi connectivity index (χ2v) is 7.67. The Hall–Kier alpha value is -1.88. The lowest BCUT2D eigenvalue weighted by atomic mass is 9.98. The third-order valence-electron chi connectivity index (χ3n) is 5.23. The molecule has 5 heteroatoms. The maximum absolute atomic E-state index is 12.4. The number of ketones is 1. The van der Waals surface area contributed by atoms with Crippen molar-refractivity contribution in [3.8, 4) is 0 Å². The topological polar surface area (TPSA) is 52.6 Å². The molecular formula is C20H31N3O2. The summed E-state index contributed by atoms with van der Waals surface area (Å²) in [5.41, 5.74) is 1.59. The Morgan fingerprint density at radius 1 is 1.08 bits per heavy atom. The molecule has 2 amide bonds. The number of piperazine rings is 1. The molecule has 1 fully saturated rings. The fraction of sp³-hybridized carbons (Fsp3) is 0.600. The van der Waals surface area contributed by atoms with Crippen LogP contribution in [0.1, 0.15) is 51.4 Å². The number of hydrogen-bond donors (Lipinski definition) is 1. The molecule has 0 unspecified atom stereocenters. The van der Waals surface area contributed by atoms with Crippen LogP contribution in [0.25, 0.3) is 0 Å². The van der Waals surface area contributed by atoms with E-state index < -0.39 is 0 Å². The van der Waals surface area contributed by atoms with Crippen molar-refractivity contribution >= 4 is 17.5 Å². The largest absolute Gasteiger partial charge is 0.322 e. The molecule has 1 N–H and O–H groups in total. The molecule has 0 radical (unpaired) electrons. The molecule has 0 atom stereocenters. The molecule has 1 aliphatic rings. The Labute approximate surface area is 151 Å². The first-order valence-electron chi connectivity index (χ1n) is 9.20. The number of carbonyl (C=O) groups is 2. The molecule has 2 rings (SSSR count). The summed E-state index contributed by atoms with van der Waals surface area (Å²) in [4.78, 5) is 28.7. The van der Waals surface area contributed by atoms with Crippen molar-refractivity contribution in [1.29, 1.82) is 0 Å². The van der Waals surface area contributed by atoms with E-state index in [0.29, 0.717) is 5.56 Å². The molecule has 5 nitrogen and oxygen atoms in total. The molecule has 0 aliphatic carbocycles. The zero-order valence-electron chi connectivity index (χ0n) is 16.1. The quantitative estimate of drug-likeness (QED) is 0.824. The first-order chi connectivity index (χ1) is 11.7. The summed E-state index contributed by atoms with van der Waals surface area (Å²) in [5, 5.41) is 2.93. The molecule has 0 bridgehead atoms. The zero-order chi connectivity index (χ0) is 18.6. The Morgan fingerprint density at radius 3 is 2.12 bits per heavy atom. The van der Waals surface area contributed by atoms with Crippen LogP contribution in [0.3, 0.4) is 0 Å². The molecule has 1 aromatic carbocycles. The average molecular weight is 345 g/mol. The molecule has 0 aromatic heterocycles. The van der Waals surface area contributed by atoms with Crippen LogP contribution in [-0.2, 0) is 0 Å². The standard InChI is InChI=1S/C20H31N3O2/c1-6-20(4,5)23-13-11-22(12-14-23)19(25)21-17-9-7-16(8-10-17)18(24)15(2)3/h7-10,15H,6,11-14H2,1-5H3,(H,21,25). The number of rotatable bonds is 5. The van der Waals surface area contributed by atoms with Crippen molar-refractivity contribution in [2.45, 2.75) is 46.6 Å². The van der Waals surface area contributed by atoms with Crippen LogP contribution in [0, 0.1) is 5.92 Å². The smallest absolute Gasteiger partial charge is 0.321 e. The van der Waals surface area contributed by atoms with Crippen molar-refractivity contribution in [3.05, 3.63) is 29.8 Å². The number of Topliss-reactive ketones (excluding diaryl/α,β-unsaturated/α-hetero) is 1. The molecule has 1 saturated heterocycles. The Balaban J connectivity index is 1.90. The van der Waals surface area contributed by atoms with Crippen LogP contribution in [0.15, 0.2) is 24.3 Å². The number of amides is 2. The summed E-state index contributed by atoms with van der Waals surface area (Å²) in [6.07, 6.45) is 1.10. The summed E-state index contributed by atoms with van der Waals surface area (Å²) >= 11 is 0. The highest BCUT2D eigenvalue weighted by molar-refractivity contribution is 5.98. The van der Waals surface area contributed by atoms with Gasteiger partial charge in [0.05, 0.1) is 0 Å². The van der Waals surface area contributed by atoms with Gasteiger partial charge in [0.25, 0.3) is 0 Å². The van der Waals surface area contributed by atoms with E-state index >= 15 is 0 Å². The number of benzene rings is 1. The number of hydrogen-bond acceptors (Lipinski definition) is 3. The van der Waals surface area contributed by atoms with Gasteiger partial charge >= 0.3 is 6.03 Å². The first-order valence-corrected chi connectivity index (χ1v) is 9.20. The molecule has 1 aromatic rings. The summed E-state index contributed by atoms with van der Waals surface area (Å²) in [7, 11) is 0. The Bertz CT molecular complexity index is 600. The van der Waals surface area contributed by atoms with Crippen LogP contribution in [0.4, 0.5) is 10.5 Å². The van der Waals surface area contributed by atoms with Crippen LogP contribution in [0.5, 0.6) is 0 Å². The van der Waals surface area contributed by atoms with E-state index in [4.69, 9.17) is 0 Å². The van der Waals surface area contributed by atoms with Crippen molar-refractivity contribution < 1.29 is 9.59 Å². The maximum Gasteiger partial charge on any atom is 0.321 e. The molecule has 138 valence electrons. The monoisotopic (exact) mass is 345 g/mol. The lowest BCUT2D eigenvalue weighted by Crippen LogP contribution is -2.56. The Kier molecular flexibility index (Phi) is 6.22. The summed E-state index contributed by atoms with van der Waals surface area (Å²) in [6, 6.07) is 7.07. The van der Waals surface area contributed by atoms with Crippen molar-refractivity contribution in [3.63, 3.8) is 0 Å².